The van der Waals surface area contributed by atoms with Gasteiger partial charge in [-0.15, -0.1) is 0 Å². The molecule has 10 amide bonds. The minimum absolute atomic E-state index is 0.0159. The van der Waals surface area contributed by atoms with Crippen LogP contribution in [0.1, 0.15) is 88.1 Å². The smallest absolute Gasteiger partial charge is 0.254 e. The molecular formula is C76H97Cl4N13O14S. The van der Waals surface area contributed by atoms with Crippen molar-refractivity contribution in [3.63, 3.8) is 0 Å². The van der Waals surface area contributed by atoms with Crippen LogP contribution in [0.2, 0.25) is 20.1 Å². The van der Waals surface area contributed by atoms with Gasteiger partial charge in [-0.2, -0.15) is 0 Å². The van der Waals surface area contributed by atoms with Crippen molar-refractivity contribution < 1.29 is 66.6 Å². The van der Waals surface area contributed by atoms with Gasteiger partial charge < -0.3 is 62.2 Å². The number of hydrogen-bond donors (Lipinski definition) is 12. The largest absolute Gasteiger partial charge is 0.394 e. The highest BCUT2D eigenvalue weighted by atomic mass is 35.5. The van der Waals surface area contributed by atoms with E-state index < -0.39 is 137 Å². The van der Waals surface area contributed by atoms with Gasteiger partial charge in [-0.25, -0.2) is 13.8 Å². The molecule has 7 rings (SSSR count). The highest BCUT2D eigenvalue weighted by Crippen LogP contribution is 2.34. The Morgan fingerprint density at radius 3 is 1.68 bits per heavy atom. The van der Waals surface area contributed by atoms with Crippen LogP contribution in [0.15, 0.2) is 128 Å². The zero-order valence-corrected chi connectivity index (χ0v) is 65.4. The Kier molecular flexibility index (Phi) is 32.6. The molecule has 32 heteroatoms. The fraction of sp³-hybridized carbons (Fsp3) is 0.447. The summed E-state index contributed by atoms with van der Waals surface area (Å²) < 4.78 is 23.5. The lowest BCUT2D eigenvalue weighted by Crippen LogP contribution is -2.64. The SMILES string of the molecule is CC[C@H](NC(=O)[C@H](Cc1ccc(Cl)cc1)N(C)C(=O)[C@H](Cc1cccc(Cl)c1)NC(=O)[C@H](Cc1c[nH]c2ccccc12)NNC(=O)[C@H](CO)N(C)C(Cc1cccc(Cl)c1)NC(C)=O)C(=O)N[C@@H](Cc1cccc(Cl)c1)C(=O)NC(C(=O)N[C@@H](CO)C(=O)NCCCS(C)(=O)=O)C(=O)N1CCC(C(C)(C)C)CC1. The van der Waals surface area contributed by atoms with Crippen molar-refractivity contribution in [2.75, 3.05) is 59.0 Å². The van der Waals surface area contributed by atoms with Crippen LogP contribution >= 0.6 is 46.4 Å². The van der Waals surface area contributed by atoms with Crippen LogP contribution in [0.25, 0.3) is 10.9 Å². The van der Waals surface area contributed by atoms with E-state index >= 15 is 19.2 Å². The van der Waals surface area contributed by atoms with E-state index in [0.29, 0.717) is 50.2 Å². The number of para-hydroxylation sites is 1. The molecule has 27 nitrogen and oxygen atoms in total. The van der Waals surface area contributed by atoms with Gasteiger partial charge in [0.1, 0.15) is 52.1 Å². The number of nitrogens with one attached hydrogen (secondary N) is 10. The number of aliphatic hydroxyl groups excluding tert-OH is 2. The number of piperidine rings is 1. The number of nitrogens with zero attached hydrogens (tertiary/aromatic N) is 3. The van der Waals surface area contributed by atoms with E-state index in [2.05, 4.69) is 73.8 Å². The Hall–Kier alpha value is -8.71. The lowest BCUT2D eigenvalue weighted by molar-refractivity contribution is -0.145. The number of H-pyrrole nitrogens is 1. The normalized spacial score (nSPS) is 15.2. The number of likely N-dealkylation sites (tertiary alicyclic amines) is 1. The van der Waals surface area contributed by atoms with Gasteiger partial charge in [-0.3, -0.25) is 58.3 Å². The summed E-state index contributed by atoms with van der Waals surface area (Å²) in [5, 5.41) is 41.8. The summed E-state index contributed by atoms with van der Waals surface area (Å²) in [6.45, 7) is 7.66. The first kappa shape index (κ1) is 86.5. The number of hydrazine groups is 1. The lowest BCUT2D eigenvalue weighted by atomic mass is 9.75. The van der Waals surface area contributed by atoms with Gasteiger partial charge >= 0.3 is 0 Å². The minimum atomic E-state index is -3.39. The number of benzene rings is 5. The number of fused-ring (bicyclic) bond motifs is 1. The van der Waals surface area contributed by atoms with Crippen molar-refractivity contribution in [3.05, 3.63) is 175 Å². The summed E-state index contributed by atoms with van der Waals surface area (Å²) in [6.07, 6.45) is 2.24. The zero-order valence-electron chi connectivity index (χ0n) is 61.6. The van der Waals surface area contributed by atoms with E-state index in [9.17, 15) is 47.4 Å². The summed E-state index contributed by atoms with van der Waals surface area (Å²) in [5.74, 6) is -8.72. The van der Waals surface area contributed by atoms with E-state index in [-0.39, 0.29) is 86.7 Å². The molecule has 5 aromatic carbocycles. The molecule has 2 heterocycles. The number of sulfone groups is 1. The van der Waals surface area contributed by atoms with Gasteiger partial charge in [0, 0.05) is 109 Å². The average Bonchev–Trinajstić information content (AvgIpc) is 1.52. The second-order valence-corrected chi connectivity index (χ2v) is 32.2. The molecule has 0 spiro atoms. The Morgan fingerprint density at radius 2 is 1.12 bits per heavy atom. The van der Waals surface area contributed by atoms with Crippen molar-refractivity contribution in [3.8, 4) is 0 Å². The highest BCUT2D eigenvalue weighted by Gasteiger charge is 2.41. The predicted octanol–water partition coefficient (Wildman–Crippen LogP) is 4.53. The molecule has 1 fully saturated rings. The van der Waals surface area contributed by atoms with Gasteiger partial charge in [0.05, 0.1) is 25.1 Å². The maximum absolute atomic E-state index is 15.6. The molecule has 1 aliphatic heterocycles. The van der Waals surface area contributed by atoms with Gasteiger partial charge in [0.2, 0.25) is 41.4 Å². The summed E-state index contributed by atoms with van der Waals surface area (Å²) in [7, 11) is -0.509. The molecule has 9 atom stereocenters. The summed E-state index contributed by atoms with van der Waals surface area (Å²) >= 11 is 25.6. The quantitative estimate of drug-likeness (QED) is 0.0110. The summed E-state index contributed by atoms with van der Waals surface area (Å²) in [4.78, 5) is 153. The van der Waals surface area contributed by atoms with Crippen LogP contribution in [0.3, 0.4) is 0 Å². The van der Waals surface area contributed by atoms with Crippen molar-refractivity contribution >= 4 is 126 Å². The minimum Gasteiger partial charge on any atom is -0.394 e. The predicted molar refractivity (Wildman–Crippen MR) is 414 cm³/mol. The van der Waals surface area contributed by atoms with Gasteiger partial charge in [0.15, 0.2) is 6.04 Å². The van der Waals surface area contributed by atoms with Crippen LogP contribution in [0, 0.1) is 11.3 Å². The van der Waals surface area contributed by atoms with Crippen LogP contribution in [0.5, 0.6) is 0 Å². The molecule has 584 valence electrons. The number of halogens is 4. The Balaban J connectivity index is 1.18. The molecule has 1 saturated heterocycles. The van der Waals surface area contributed by atoms with Gasteiger partial charge in [0.25, 0.3) is 17.7 Å². The van der Waals surface area contributed by atoms with Crippen LogP contribution < -0.4 is 48.1 Å². The number of aromatic amines is 1. The fourth-order valence-corrected chi connectivity index (χ4v) is 14.2. The van der Waals surface area contributed by atoms with E-state index in [1.54, 1.807) is 104 Å². The first-order valence-electron chi connectivity index (χ1n) is 35.5. The molecule has 12 N–H and O–H groups in total. The van der Waals surface area contributed by atoms with E-state index in [1.165, 1.54) is 36.9 Å². The number of aromatic nitrogens is 1. The summed E-state index contributed by atoms with van der Waals surface area (Å²) in [5.41, 5.74) is 8.82. The monoisotopic (exact) mass is 1590 g/mol. The lowest BCUT2D eigenvalue weighted by Gasteiger charge is -2.39. The van der Waals surface area contributed by atoms with E-state index in [1.807, 2.05) is 24.3 Å². The third-order valence-electron chi connectivity index (χ3n) is 19.0. The first-order valence-corrected chi connectivity index (χ1v) is 39.0. The zero-order chi connectivity index (χ0) is 79.2. The number of carbonyl (C=O) groups excluding carboxylic acids is 10. The maximum Gasteiger partial charge on any atom is 0.254 e. The van der Waals surface area contributed by atoms with E-state index in [4.69, 9.17) is 46.4 Å². The van der Waals surface area contributed by atoms with Crippen LogP contribution in [-0.2, 0) is 89.9 Å². The second-order valence-electron chi connectivity index (χ2n) is 28.1. The van der Waals surface area contributed by atoms with Gasteiger partial charge in [-0.1, -0.05) is 141 Å². The Labute approximate surface area is 649 Å². The molecule has 0 bridgehead atoms. The molecule has 0 aliphatic carbocycles. The standard InChI is InChI=1S/C76H97Cl4N13O14S/c1-9-57(68(98)85-59(37-47-16-12-19-53(78)34-47)69(99)88-66(75(105)93-31-28-51(29-32-93)76(3,4)5)73(103)87-62(43-94)67(97)81-30-15-33-108(8,106)107)84-71(101)63(39-46-24-26-52(77)27-25-46)92(7)74(104)61(38-48-17-13-20-54(79)35-48)86-70(100)60(41-50-42-82-58-23-11-10-22-56(50)58)89-90-72(102)64(44-95)91(6)65(83-45(2)96)40-49-18-14-21-55(80)36-49/h10-14,16-27,34-36,42,51,57,59-66,82,89,94-95H,9,15,28-33,37-41,43-44H2,1-8H3,(H,81,97)(H,83,96)(H,84,101)(H,85,98)(H,86,100)(H,87,103)(H,88,99)(H,90,102)/t57-,59-,60-,61-,62-,63-,64-,65?,66?/m0/s1. The second kappa shape index (κ2) is 40.6. The molecular weight excluding hydrogens is 1490 g/mol. The number of aliphatic hydroxyl groups is 2. The van der Waals surface area contributed by atoms with Crippen molar-refractivity contribution in [2.45, 2.75) is 147 Å². The van der Waals surface area contributed by atoms with Crippen LogP contribution in [-0.4, -0.2) is 211 Å². The molecule has 0 radical (unpaired) electrons. The van der Waals surface area contributed by atoms with Gasteiger partial charge in [-0.05, 0) is 126 Å². The fourth-order valence-electron chi connectivity index (χ4n) is 12.8. The topological polar surface area (TPSA) is 379 Å². The number of likely N-dealkylation sites (N-methyl/N-ethyl adjacent to an activating group) is 2. The number of hydrogen-bond acceptors (Lipinski definition) is 16. The molecule has 1 aliphatic rings. The molecule has 108 heavy (non-hydrogen) atoms. The average molecular weight is 1590 g/mol. The number of rotatable bonds is 37. The van der Waals surface area contributed by atoms with E-state index in [0.717, 1.165) is 27.6 Å². The molecule has 0 saturated carbocycles. The Bertz CT molecular complexity index is 4250. The maximum atomic E-state index is 15.6. The summed E-state index contributed by atoms with van der Waals surface area (Å²) in [6, 6.07) is 21.1. The Morgan fingerprint density at radius 1 is 0.574 bits per heavy atom. The van der Waals surface area contributed by atoms with Crippen molar-refractivity contribution in [1.29, 1.82) is 0 Å². The highest BCUT2D eigenvalue weighted by molar-refractivity contribution is 7.90. The molecule has 2 unspecified atom stereocenters. The van der Waals surface area contributed by atoms with Crippen LogP contribution in [0.4, 0.5) is 0 Å². The molecule has 6 aromatic rings. The third kappa shape index (κ3) is 26.0. The number of carbonyl (C=O) groups is 10. The van der Waals surface area contributed by atoms with Crippen molar-refractivity contribution in [1.82, 2.24) is 67.8 Å². The first-order chi connectivity index (χ1) is 51.1. The number of amides is 10. The molecule has 1 aromatic heterocycles. The third-order valence-corrected chi connectivity index (χ3v) is 21.0. The van der Waals surface area contributed by atoms with Crippen molar-refractivity contribution in [2.24, 2.45) is 11.3 Å².